The van der Waals surface area contributed by atoms with Crippen molar-refractivity contribution in [3.63, 3.8) is 0 Å². The molecule has 1 aliphatic heterocycles. The number of alkyl halides is 5. The maximum absolute atomic E-state index is 14.1. The molecular formula is C23H27F5N2O3S. The maximum atomic E-state index is 14.1. The van der Waals surface area contributed by atoms with Crippen LogP contribution in [0.15, 0.2) is 17.0 Å². The molecule has 3 aliphatic carbocycles. The van der Waals surface area contributed by atoms with Gasteiger partial charge in [-0.2, -0.15) is 13.2 Å². The molecule has 2 unspecified atom stereocenters. The SMILES string of the molecule is CN1CCN(C2CC3CC(F)(F)CC3C2)c2cc(C(F)(F)F)c(OCC3(C(=O)O)CC3)cc2S1. The Balaban J connectivity index is 1.46. The fraction of sp³-hybridized carbons (Fsp3) is 0.696. The number of carbonyl (C=O) groups is 1. The Kier molecular flexibility index (Phi) is 5.74. The van der Waals surface area contributed by atoms with Gasteiger partial charge in [0.25, 0.3) is 0 Å². The van der Waals surface area contributed by atoms with Crippen LogP contribution >= 0.6 is 11.9 Å². The highest BCUT2D eigenvalue weighted by atomic mass is 32.2. The van der Waals surface area contributed by atoms with Gasteiger partial charge in [-0.05, 0) is 68.6 Å². The first-order valence-electron chi connectivity index (χ1n) is 11.5. The Hall–Kier alpha value is -1.75. The largest absolute Gasteiger partial charge is 0.492 e. The van der Waals surface area contributed by atoms with Crippen LogP contribution in [0.25, 0.3) is 0 Å². The molecule has 5 rings (SSSR count). The van der Waals surface area contributed by atoms with E-state index in [2.05, 4.69) is 0 Å². The summed E-state index contributed by atoms with van der Waals surface area (Å²) in [5, 5.41) is 9.36. The Morgan fingerprint density at radius 2 is 1.82 bits per heavy atom. The lowest BCUT2D eigenvalue weighted by atomic mass is 10.0. The van der Waals surface area contributed by atoms with E-state index in [1.165, 1.54) is 18.0 Å². The maximum Gasteiger partial charge on any atom is 0.420 e. The minimum absolute atomic E-state index is 0.0912. The molecule has 0 saturated heterocycles. The predicted molar refractivity (Wildman–Crippen MR) is 116 cm³/mol. The molecule has 3 fully saturated rings. The first-order valence-corrected chi connectivity index (χ1v) is 12.3. The molecule has 0 bridgehead atoms. The van der Waals surface area contributed by atoms with Gasteiger partial charge >= 0.3 is 12.1 Å². The summed E-state index contributed by atoms with van der Waals surface area (Å²) in [4.78, 5) is 14.0. The van der Waals surface area contributed by atoms with Crippen molar-refractivity contribution in [2.45, 2.75) is 61.6 Å². The number of likely N-dealkylation sites (N-methyl/N-ethyl adjacent to an activating group) is 1. The highest BCUT2D eigenvalue weighted by Gasteiger charge is 2.53. The molecule has 188 valence electrons. The van der Waals surface area contributed by atoms with Crippen molar-refractivity contribution in [1.29, 1.82) is 0 Å². The van der Waals surface area contributed by atoms with Crippen LogP contribution in [0.3, 0.4) is 0 Å². The van der Waals surface area contributed by atoms with Gasteiger partial charge in [-0.1, -0.05) is 0 Å². The summed E-state index contributed by atoms with van der Waals surface area (Å²) in [6.07, 6.45) is -3.12. The Bertz CT molecular complexity index is 968. The lowest BCUT2D eigenvalue weighted by Crippen LogP contribution is -2.38. The van der Waals surface area contributed by atoms with E-state index >= 15 is 0 Å². The van der Waals surface area contributed by atoms with Crippen molar-refractivity contribution in [3.8, 4) is 5.75 Å². The number of carboxylic acid groups (broad SMARTS) is 1. The van der Waals surface area contributed by atoms with Crippen LogP contribution in [0.5, 0.6) is 5.75 Å². The molecule has 2 atom stereocenters. The molecule has 0 amide bonds. The van der Waals surface area contributed by atoms with Gasteiger partial charge in [0.15, 0.2) is 0 Å². The normalized spacial score (nSPS) is 29.9. The standard InChI is InChI=1S/C23H27F5N2O3S/c1-29-4-5-30(15-6-13-10-22(24,25)11-14(13)7-15)17-8-16(23(26,27)28)18(9-19(17)34-29)33-12-21(2-3-21)20(31)32/h8-9,13-15H,2-7,10-12H2,1H3,(H,31,32). The fourth-order valence-electron chi connectivity index (χ4n) is 5.72. The molecule has 1 aromatic rings. The van der Waals surface area contributed by atoms with E-state index in [4.69, 9.17) is 4.74 Å². The molecule has 0 radical (unpaired) electrons. The second-order valence-electron chi connectivity index (χ2n) is 10.2. The molecule has 0 spiro atoms. The van der Waals surface area contributed by atoms with Crippen LogP contribution in [0.2, 0.25) is 0 Å². The third kappa shape index (κ3) is 4.45. The topological polar surface area (TPSA) is 53.0 Å². The number of hydrogen-bond donors (Lipinski definition) is 1. The Morgan fingerprint density at radius 3 is 2.38 bits per heavy atom. The molecule has 4 aliphatic rings. The molecule has 1 heterocycles. The van der Waals surface area contributed by atoms with Crippen LogP contribution in [0.1, 0.15) is 44.1 Å². The fourth-order valence-corrected chi connectivity index (χ4v) is 6.66. The second kappa shape index (κ2) is 8.15. The summed E-state index contributed by atoms with van der Waals surface area (Å²) < 4.78 is 77.3. The highest BCUT2D eigenvalue weighted by molar-refractivity contribution is 7.97. The molecule has 0 aromatic heterocycles. The number of nitrogens with zero attached hydrogens (tertiary/aromatic N) is 2. The number of halogens is 5. The van der Waals surface area contributed by atoms with Gasteiger partial charge in [-0.3, -0.25) is 4.79 Å². The zero-order valence-electron chi connectivity index (χ0n) is 18.7. The van der Waals surface area contributed by atoms with Gasteiger partial charge in [0.1, 0.15) is 17.8 Å². The van der Waals surface area contributed by atoms with Gasteiger partial charge in [-0.15, -0.1) is 0 Å². The lowest BCUT2D eigenvalue weighted by molar-refractivity contribution is -0.144. The third-order valence-corrected chi connectivity index (χ3v) is 8.79. The van der Waals surface area contributed by atoms with E-state index in [0.29, 0.717) is 49.4 Å². The predicted octanol–water partition coefficient (Wildman–Crippen LogP) is 5.53. The number of fused-ring (bicyclic) bond motifs is 2. The molecule has 5 nitrogen and oxygen atoms in total. The van der Waals surface area contributed by atoms with E-state index in [0.717, 1.165) is 6.07 Å². The Morgan fingerprint density at radius 1 is 1.18 bits per heavy atom. The first-order chi connectivity index (χ1) is 15.9. The van der Waals surface area contributed by atoms with Crippen molar-refractivity contribution >= 4 is 23.6 Å². The van der Waals surface area contributed by atoms with Crippen LogP contribution in [-0.4, -0.2) is 54.1 Å². The van der Waals surface area contributed by atoms with Crippen molar-refractivity contribution in [2.75, 3.05) is 31.6 Å². The highest BCUT2D eigenvalue weighted by Crippen LogP contribution is 2.54. The van der Waals surface area contributed by atoms with E-state index in [1.54, 1.807) is 0 Å². The summed E-state index contributed by atoms with van der Waals surface area (Å²) in [6.45, 7) is 0.784. The van der Waals surface area contributed by atoms with Gasteiger partial charge in [0.05, 0.1) is 16.1 Å². The zero-order valence-corrected chi connectivity index (χ0v) is 19.5. The van der Waals surface area contributed by atoms with Crippen LogP contribution in [-0.2, 0) is 11.0 Å². The summed E-state index contributed by atoms with van der Waals surface area (Å²) in [5.74, 6) is -4.28. The molecule has 3 saturated carbocycles. The van der Waals surface area contributed by atoms with Gasteiger partial charge in [-0.25, -0.2) is 13.1 Å². The Labute approximate surface area is 198 Å². The summed E-state index contributed by atoms with van der Waals surface area (Å²) in [7, 11) is 1.85. The van der Waals surface area contributed by atoms with Crippen LogP contribution < -0.4 is 9.64 Å². The number of hydrogen-bond acceptors (Lipinski definition) is 5. The first kappa shape index (κ1) is 24.0. The average Bonchev–Trinajstić information content (AvgIpc) is 3.38. The number of benzene rings is 1. The number of rotatable bonds is 5. The number of carboxylic acids is 1. The molecule has 34 heavy (non-hydrogen) atoms. The molecular weight excluding hydrogens is 479 g/mol. The van der Waals surface area contributed by atoms with Crippen LogP contribution in [0.4, 0.5) is 27.6 Å². The van der Waals surface area contributed by atoms with Gasteiger partial charge in [0, 0.05) is 32.0 Å². The van der Waals surface area contributed by atoms with Gasteiger partial charge in [0.2, 0.25) is 5.92 Å². The summed E-state index contributed by atoms with van der Waals surface area (Å²) in [6, 6.07) is 2.37. The lowest BCUT2D eigenvalue weighted by Gasteiger charge is -2.32. The summed E-state index contributed by atoms with van der Waals surface area (Å²) >= 11 is 1.31. The summed E-state index contributed by atoms with van der Waals surface area (Å²) in [5.41, 5.74) is -1.62. The second-order valence-corrected chi connectivity index (χ2v) is 11.5. The van der Waals surface area contributed by atoms with Crippen molar-refractivity contribution < 1.29 is 36.6 Å². The number of anilines is 1. The minimum Gasteiger partial charge on any atom is -0.492 e. The average molecular weight is 507 g/mol. The minimum atomic E-state index is -4.69. The molecule has 11 heteroatoms. The quantitative estimate of drug-likeness (QED) is 0.419. The molecule has 1 aromatic carbocycles. The molecule has 1 N–H and O–H groups in total. The number of ether oxygens (including phenoxy) is 1. The third-order valence-electron chi connectivity index (χ3n) is 7.78. The number of aliphatic carboxylic acids is 1. The monoisotopic (exact) mass is 506 g/mol. The smallest absolute Gasteiger partial charge is 0.420 e. The van der Waals surface area contributed by atoms with E-state index in [1.807, 2.05) is 16.3 Å². The van der Waals surface area contributed by atoms with Crippen LogP contribution in [0, 0.1) is 17.3 Å². The zero-order chi connectivity index (χ0) is 24.5. The van der Waals surface area contributed by atoms with Crippen molar-refractivity contribution in [2.24, 2.45) is 17.3 Å². The van der Waals surface area contributed by atoms with E-state index in [-0.39, 0.29) is 43.1 Å². The van der Waals surface area contributed by atoms with Gasteiger partial charge < -0.3 is 14.7 Å². The van der Waals surface area contributed by atoms with Crippen molar-refractivity contribution in [3.05, 3.63) is 17.7 Å². The van der Waals surface area contributed by atoms with Crippen molar-refractivity contribution in [1.82, 2.24) is 4.31 Å². The van der Waals surface area contributed by atoms with E-state index < -0.39 is 29.0 Å². The van der Waals surface area contributed by atoms with E-state index in [9.17, 15) is 31.9 Å².